The van der Waals surface area contributed by atoms with Gasteiger partial charge >= 0.3 is 0 Å². The average Bonchev–Trinajstić information content (AvgIpc) is 2.36. The molecule has 0 heterocycles. The van der Waals surface area contributed by atoms with Crippen molar-refractivity contribution in [3.63, 3.8) is 0 Å². The van der Waals surface area contributed by atoms with E-state index in [2.05, 4.69) is 4.72 Å². The summed E-state index contributed by atoms with van der Waals surface area (Å²) in [6, 6.07) is 7.31. The van der Waals surface area contributed by atoms with E-state index in [0.717, 1.165) is 12.1 Å². The van der Waals surface area contributed by atoms with Gasteiger partial charge in [0.2, 0.25) is 0 Å². The number of nitrogens with one attached hydrogen (secondary N) is 1. The van der Waals surface area contributed by atoms with E-state index in [4.69, 9.17) is 28.9 Å². The number of nitrogen functional groups attached to an aromatic ring is 1. The van der Waals surface area contributed by atoms with E-state index in [1.165, 1.54) is 24.3 Å². The molecule has 0 fully saturated rings. The first-order valence-electron chi connectivity index (χ1n) is 5.32. The predicted molar refractivity (Wildman–Crippen MR) is 78.1 cm³/mol. The maximum absolute atomic E-state index is 13.1. The fourth-order valence-corrected chi connectivity index (χ4v) is 3.23. The number of benzene rings is 2. The van der Waals surface area contributed by atoms with Gasteiger partial charge in [-0.1, -0.05) is 23.2 Å². The lowest BCUT2D eigenvalue weighted by molar-refractivity contribution is 0.595. The first-order valence-corrected chi connectivity index (χ1v) is 7.56. The van der Waals surface area contributed by atoms with Gasteiger partial charge < -0.3 is 5.73 Å². The standard InChI is InChI=1S/C12H9Cl2FN2O2S/c13-9-3-1-7(15)5-12(9)20(18,19)17-8-2-4-11(16)10(14)6-8/h1-6,17H,16H2. The molecular weight excluding hydrogens is 326 g/mol. The number of hydrogen-bond donors (Lipinski definition) is 2. The molecule has 8 heteroatoms. The molecule has 4 nitrogen and oxygen atoms in total. The SMILES string of the molecule is Nc1ccc(NS(=O)(=O)c2cc(F)ccc2Cl)cc1Cl. The molecule has 0 aliphatic carbocycles. The zero-order valence-electron chi connectivity index (χ0n) is 9.90. The molecule has 0 saturated heterocycles. The molecule has 0 bridgehead atoms. The number of anilines is 2. The van der Waals surface area contributed by atoms with E-state index < -0.39 is 15.8 Å². The minimum Gasteiger partial charge on any atom is -0.398 e. The second kappa shape index (κ2) is 5.47. The second-order valence-corrected chi connectivity index (χ2v) is 6.38. The van der Waals surface area contributed by atoms with Crippen molar-refractivity contribution in [3.8, 4) is 0 Å². The molecule has 0 unspecified atom stereocenters. The molecular formula is C12H9Cl2FN2O2S. The summed E-state index contributed by atoms with van der Waals surface area (Å²) in [5.74, 6) is -0.704. The monoisotopic (exact) mass is 334 g/mol. The minimum atomic E-state index is -4.02. The first kappa shape index (κ1) is 14.9. The molecule has 0 atom stereocenters. The van der Waals surface area contributed by atoms with Gasteiger partial charge in [-0.15, -0.1) is 0 Å². The van der Waals surface area contributed by atoms with Crippen molar-refractivity contribution in [3.05, 3.63) is 52.3 Å². The molecule has 2 aromatic carbocycles. The van der Waals surface area contributed by atoms with Gasteiger partial charge in [0.05, 0.1) is 21.4 Å². The third-order valence-corrected chi connectivity index (χ3v) is 4.63. The number of halogens is 3. The topological polar surface area (TPSA) is 72.2 Å². The molecule has 0 radical (unpaired) electrons. The summed E-state index contributed by atoms with van der Waals surface area (Å²) in [4.78, 5) is -0.355. The summed E-state index contributed by atoms with van der Waals surface area (Å²) in [5.41, 5.74) is 6.04. The molecule has 0 aromatic heterocycles. The summed E-state index contributed by atoms with van der Waals surface area (Å²) in [6.07, 6.45) is 0. The maximum atomic E-state index is 13.1. The minimum absolute atomic E-state index is 0.0829. The Hall–Kier alpha value is -1.50. The predicted octanol–water partition coefficient (Wildman–Crippen LogP) is 3.52. The van der Waals surface area contributed by atoms with Crippen molar-refractivity contribution in [2.24, 2.45) is 0 Å². The maximum Gasteiger partial charge on any atom is 0.263 e. The van der Waals surface area contributed by atoms with Crippen LogP contribution >= 0.6 is 23.2 Å². The fraction of sp³-hybridized carbons (Fsp3) is 0. The van der Waals surface area contributed by atoms with Gasteiger partial charge in [0.1, 0.15) is 10.7 Å². The van der Waals surface area contributed by atoms with Gasteiger partial charge in [-0.3, -0.25) is 4.72 Å². The molecule has 0 saturated carbocycles. The van der Waals surface area contributed by atoms with Crippen LogP contribution < -0.4 is 10.5 Å². The fourth-order valence-electron chi connectivity index (χ4n) is 1.48. The molecule has 20 heavy (non-hydrogen) atoms. The normalized spacial score (nSPS) is 11.3. The van der Waals surface area contributed by atoms with Crippen LogP contribution in [-0.2, 0) is 10.0 Å². The first-order chi connectivity index (χ1) is 9.29. The highest BCUT2D eigenvalue weighted by Gasteiger charge is 2.19. The van der Waals surface area contributed by atoms with E-state index in [0.29, 0.717) is 5.69 Å². The Morgan fingerprint density at radius 2 is 1.75 bits per heavy atom. The van der Waals surface area contributed by atoms with Gasteiger partial charge in [0.25, 0.3) is 10.0 Å². The van der Waals surface area contributed by atoms with E-state index in [9.17, 15) is 12.8 Å². The van der Waals surface area contributed by atoms with Crippen LogP contribution in [0.4, 0.5) is 15.8 Å². The van der Waals surface area contributed by atoms with Gasteiger partial charge in [-0.05, 0) is 36.4 Å². The van der Waals surface area contributed by atoms with E-state index in [1.807, 2.05) is 0 Å². The largest absolute Gasteiger partial charge is 0.398 e. The quantitative estimate of drug-likeness (QED) is 0.843. The van der Waals surface area contributed by atoms with Crippen LogP contribution in [0.3, 0.4) is 0 Å². The molecule has 0 amide bonds. The highest BCUT2D eigenvalue weighted by molar-refractivity contribution is 7.92. The molecule has 2 rings (SSSR count). The lowest BCUT2D eigenvalue weighted by atomic mass is 10.3. The van der Waals surface area contributed by atoms with Crippen molar-refractivity contribution >= 4 is 44.6 Å². The molecule has 0 spiro atoms. The molecule has 0 aliphatic rings. The second-order valence-electron chi connectivity index (χ2n) is 3.92. The van der Waals surface area contributed by atoms with Crippen molar-refractivity contribution in [1.29, 1.82) is 0 Å². The van der Waals surface area contributed by atoms with E-state index in [-0.39, 0.29) is 20.6 Å². The molecule has 2 aromatic rings. The van der Waals surface area contributed by atoms with Gasteiger partial charge in [-0.2, -0.15) is 0 Å². The number of rotatable bonds is 3. The van der Waals surface area contributed by atoms with Gasteiger partial charge in [0.15, 0.2) is 0 Å². The zero-order chi connectivity index (χ0) is 14.9. The molecule has 3 N–H and O–H groups in total. The van der Waals surface area contributed by atoms with Gasteiger partial charge in [0, 0.05) is 0 Å². The Kier molecular flexibility index (Phi) is 4.08. The van der Waals surface area contributed by atoms with Crippen LogP contribution in [0.5, 0.6) is 0 Å². The molecule has 0 aliphatic heterocycles. The van der Waals surface area contributed by atoms with Crippen LogP contribution in [0.15, 0.2) is 41.3 Å². The third kappa shape index (κ3) is 3.15. The number of hydrogen-bond acceptors (Lipinski definition) is 3. The van der Waals surface area contributed by atoms with Crippen LogP contribution in [0.25, 0.3) is 0 Å². The van der Waals surface area contributed by atoms with Crippen LogP contribution in [0.1, 0.15) is 0 Å². The van der Waals surface area contributed by atoms with E-state index >= 15 is 0 Å². The van der Waals surface area contributed by atoms with E-state index in [1.54, 1.807) is 0 Å². The average molecular weight is 335 g/mol. The highest BCUT2D eigenvalue weighted by Crippen LogP contribution is 2.27. The Morgan fingerprint density at radius 3 is 2.40 bits per heavy atom. The lowest BCUT2D eigenvalue weighted by Crippen LogP contribution is -2.13. The van der Waals surface area contributed by atoms with Crippen LogP contribution in [0, 0.1) is 5.82 Å². The van der Waals surface area contributed by atoms with Gasteiger partial charge in [-0.25, -0.2) is 12.8 Å². The number of nitrogens with two attached hydrogens (primary N) is 1. The van der Waals surface area contributed by atoms with Crippen LogP contribution in [0.2, 0.25) is 10.0 Å². The lowest BCUT2D eigenvalue weighted by Gasteiger charge is -2.10. The summed E-state index contributed by atoms with van der Waals surface area (Å²) < 4.78 is 39.7. The smallest absolute Gasteiger partial charge is 0.263 e. The number of sulfonamides is 1. The Balaban J connectivity index is 2.40. The Bertz CT molecular complexity index is 766. The van der Waals surface area contributed by atoms with Crippen molar-refractivity contribution in [2.45, 2.75) is 4.90 Å². The van der Waals surface area contributed by atoms with Crippen molar-refractivity contribution in [2.75, 3.05) is 10.5 Å². The Morgan fingerprint density at radius 1 is 1.05 bits per heavy atom. The van der Waals surface area contributed by atoms with Crippen molar-refractivity contribution in [1.82, 2.24) is 0 Å². The summed E-state index contributed by atoms with van der Waals surface area (Å²) >= 11 is 11.6. The zero-order valence-corrected chi connectivity index (χ0v) is 12.2. The van der Waals surface area contributed by atoms with Crippen molar-refractivity contribution < 1.29 is 12.8 Å². The summed E-state index contributed by atoms with van der Waals surface area (Å²) in [5, 5.41) is 0.121. The Labute approximate surface area is 125 Å². The summed E-state index contributed by atoms with van der Waals surface area (Å²) in [7, 11) is -4.02. The van der Waals surface area contributed by atoms with Crippen LogP contribution in [-0.4, -0.2) is 8.42 Å². The third-order valence-electron chi connectivity index (χ3n) is 2.44. The molecule has 106 valence electrons. The highest BCUT2D eigenvalue weighted by atomic mass is 35.5. The summed E-state index contributed by atoms with van der Waals surface area (Å²) in [6.45, 7) is 0.